The van der Waals surface area contributed by atoms with E-state index in [-0.39, 0.29) is 6.04 Å². The lowest BCUT2D eigenvalue weighted by atomic mass is 9.89. The second-order valence-electron chi connectivity index (χ2n) is 7.72. The normalized spacial score (nSPS) is 24.8. The number of hydrogen-bond acceptors (Lipinski definition) is 2. The summed E-state index contributed by atoms with van der Waals surface area (Å²) in [7, 11) is 0. The molecule has 0 spiro atoms. The van der Waals surface area contributed by atoms with Crippen LogP contribution in [-0.4, -0.2) is 47.4 Å². The van der Waals surface area contributed by atoms with Crippen molar-refractivity contribution < 1.29 is 4.79 Å². The lowest BCUT2D eigenvalue weighted by molar-refractivity contribution is -0.140. The average molecular weight is 329 g/mol. The van der Waals surface area contributed by atoms with Crippen molar-refractivity contribution in [2.45, 2.75) is 64.5 Å². The van der Waals surface area contributed by atoms with Crippen LogP contribution in [0.2, 0.25) is 0 Å². The third-order valence-corrected chi connectivity index (χ3v) is 6.01. The Morgan fingerprint density at radius 1 is 1.08 bits per heavy atom. The summed E-state index contributed by atoms with van der Waals surface area (Å²) in [6, 6.07) is 11.3. The monoisotopic (exact) mass is 328 g/mol. The number of carbonyl (C=O) groups excluding carboxylic acids is 1. The number of nitrogens with zero attached hydrogens (tertiary/aromatic N) is 2. The van der Waals surface area contributed by atoms with Gasteiger partial charge in [0.2, 0.25) is 5.91 Å². The fourth-order valence-corrected chi connectivity index (χ4v) is 4.31. The summed E-state index contributed by atoms with van der Waals surface area (Å²) in [4.78, 5) is 17.4. The second-order valence-corrected chi connectivity index (χ2v) is 7.72. The van der Waals surface area contributed by atoms with E-state index in [9.17, 15) is 4.79 Å². The molecule has 0 saturated carbocycles. The summed E-state index contributed by atoms with van der Waals surface area (Å²) >= 11 is 0. The quantitative estimate of drug-likeness (QED) is 0.841. The van der Waals surface area contributed by atoms with Gasteiger partial charge in [0.25, 0.3) is 0 Å². The van der Waals surface area contributed by atoms with E-state index >= 15 is 0 Å². The number of hydrogen-bond donors (Lipinski definition) is 0. The fourth-order valence-electron chi connectivity index (χ4n) is 4.31. The van der Waals surface area contributed by atoms with Crippen LogP contribution in [0.15, 0.2) is 30.3 Å². The van der Waals surface area contributed by atoms with Crippen molar-refractivity contribution in [3.05, 3.63) is 35.9 Å². The van der Waals surface area contributed by atoms with Gasteiger partial charge in [-0.2, -0.15) is 0 Å². The van der Waals surface area contributed by atoms with Gasteiger partial charge >= 0.3 is 0 Å². The van der Waals surface area contributed by atoms with Crippen LogP contribution in [0.3, 0.4) is 0 Å². The molecule has 1 aromatic carbocycles. The Kier molecular flexibility index (Phi) is 5.94. The van der Waals surface area contributed by atoms with Crippen molar-refractivity contribution in [2.24, 2.45) is 5.92 Å². The van der Waals surface area contributed by atoms with E-state index in [0.29, 0.717) is 11.9 Å². The Hall–Kier alpha value is -1.35. The van der Waals surface area contributed by atoms with E-state index in [4.69, 9.17) is 0 Å². The molecule has 1 aromatic rings. The molecule has 3 nitrogen and oxygen atoms in total. The molecule has 0 aromatic heterocycles. The first-order chi connectivity index (χ1) is 11.6. The Morgan fingerprint density at radius 2 is 1.79 bits per heavy atom. The van der Waals surface area contributed by atoms with Crippen LogP contribution in [-0.2, 0) is 11.2 Å². The lowest BCUT2D eigenvalue weighted by Gasteiger charge is -2.40. The summed E-state index contributed by atoms with van der Waals surface area (Å²) < 4.78 is 0. The Bertz CT molecular complexity index is 522. The highest BCUT2D eigenvalue weighted by atomic mass is 16.2. The summed E-state index contributed by atoms with van der Waals surface area (Å²) in [5.41, 5.74) is 1.45. The molecule has 0 aliphatic carbocycles. The van der Waals surface area contributed by atoms with Crippen molar-refractivity contribution in [2.75, 3.05) is 19.6 Å². The van der Waals surface area contributed by atoms with Gasteiger partial charge in [0.1, 0.15) is 0 Å². The maximum Gasteiger partial charge on any atom is 0.239 e. The highest BCUT2D eigenvalue weighted by molar-refractivity contribution is 5.81. The largest absolute Gasteiger partial charge is 0.339 e. The molecule has 3 heteroatoms. The van der Waals surface area contributed by atoms with Crippen LogP contribution in [0.25, 0.3) is 0 Å². The molecule has 0 bridgehead atoms. The topological polar surface area (TPSA) is 23.6 Å². The number of likely N-dealkylation sites (tertiary alicyclic amines) is 2. The smallest absolute Gasteiger partial charge is 0.239 e. The van der Waals surface area contributed by atoms with Gasteiger partial charge in [-0.3, -0.25) is 9.69 Å². The average Bonchev–Trinajstić information content (AvgIpc) is 2.62. The van der Waals surface area contributed by atoms with Crippen molar-refractivity contribution >= 4 is 5.91 Å². The molecule has 132 valence electrons. The molecule has 2 aliphatic rings. The van der Waals surface area contributed by atoms with Gasteiger partial charge in [0.05, 0.1) is 6.04 Å². The number of benzene rings is 1. The van der Waals surface area contributed by atoms with Crippen LogP contribution in [0.4, 0.5) is 0 Å². The highest BCUT2D eigenvalue weighted by Crippen LogP contribution is 2.24. The van der Waals surface area contributed by atoms with E-state index in [1.165, 1.54) is 37.7 Å². The highest BCUT2D eigenvalue weighted by Gasteiger charge is 2.32. The molecule has 0 radical (unpaired) electrons. The van der Waals surface area contributed by atoms with Crippen LogP contribution in [0.1, 0.15) is 51.5 Å². The van der Waals surface area contributed by atoms with Gasteiger partial charge in [-0.15, -0.1) is 0 Å². The van der Waals surface area contributed by atoms with Crippen molar-refractivity contribution in [3.8, 4) is 0 Å². The van der Waals surface area contributed by atoms with Crippen molar-refractivity contribution in [1.82, 2.24) is 9.80 Å². The third kappa shape index (κ3) is 4.18. The van der Waals surface area contributed by atoms with Crippen LogP contribution >= 0.6 is 0 Å². The Labute approximate surface area is 147 Å². The molecular weight excluding hydrogens is 296 g/mol. The van der Waals surface area contributed by atoms with Gasteiger partial charge in [-0.05, 0) is 76.9 Å². The molecule has 1 amide bonds. The van der Waals surface area contributed by atoms with Crippen LogP contribution < -0.4 is 0 Å². The standard InChI is InChI=1S/C21H32N2O/c1-17-8-6-7-13-23(17)21(24)18(2)22-14-11-20(12-15-22)16-19-9-4-3-5-10-19/h3-5,9-10,17-18,20H,6-8,11-16H2,1-2H3/t17-,18-/m0/s1. The number of rotatable bonds is 4. The van der Waals surface area contributed by atoms with E-state index in [1.54, 1.807) is 0 Å². The van der Waals surface area contributed by atoms with Gasteiger partial charge in [0.15, 0.2) is 0 Å². The summed E-state index contributed by atoms with van der Waals surface area (Å²) in [5, 5.41) is 0. The summed E-state index contributed by atoms with van der Waals surface area (Å²) in [5.74, 6) is 1.11. The first-order valence-corrected chi connectivity index (χ1v) is 9.73. The molecule has 2 heterocycles. The number of amides is 1. The summed E-state index contributed by atoms with van der Waals surface area (Å²) in [6.07, 6.45) is 7.20. The molecular formula is C21H32N2O. The van der Waals surface area contributed by atoms with Gasteiger partial charge < -0.3 is 4.90 Å². The molecule has 3 rings (SSSR count). The van der Waals surface area contributed by atoms with Crippen LogP contribution in [0, 0.1) is 5.92 Å². The molecule has 24 heavy (non-hydrogen) atoms. The van der Waals surface area contributed by atoms with Gasteiger partial charge in [-0.25, -0.2) is 0 Å². The predicted octanol–water partition coefficient (Wildman–Crippen LogP) is 3.73. The number of carbonyl (C=O) groups is 1. The molecule has 0 N–H and O–H groups in total. The first kappa shape index (κ1) is 17.5. The fraction of sp³-hybridized carbons (Fsp3) is 0.667. The second kappa shape index (κ2) is 8.15. The molecule has 0 unspecified atom stereocenters. The minimum atomic E-state index is 0.0447. The van der Waals surface area contributed by atoms with Crippen molar-refractivity contribution in [3.63, 3.8) is 0 Å². The zero-order valence-corrected chi connectivity index (χ0v) is 15.3. The van der Waals surface area contributed by atoms with Crippen LogP contribution in [0.5, 0.6) is 0 Å². The van der Waals surface area contributed by atoms with E-state index in [1.807, 2.05) is 0 Å². The van der Waals surface area contributed by atoms with E-state index in [0.717, 1.165) is 32.0 Å². The van der Waals surface area contributed by atoms with E-state index in [2.05, 4.69) is 54.0 Å². The Morgan fingerprint density at radius 3 is 2.46 bits per heavy atom. The van der Waals surface area contributed by atoms with Crippen molar-refractivity contribution in [1.29, 1.82) is 0 Å². The minimum Gasteiger partial charge on any atom is -0.339 e. The van der Waals surface area contributed by atoms with Gasteiger partial charge in [-0.1, -0.05) is 30.3 Å². The van der Waals surface area contributed by atoms with Gasteiger partial charge in [0, 0.05) is 12.6 Å². The maximum atomic E-state index is 12.9. The molecule has 2 aliphatic heterocycles. The zero-order chi connectivity index (χ0) is 16.9. The lowest BCUT2D eigenvalue weighted by Crippen LogP contribution is -2.53. The molecule has 2 saturated heterocycles. The third-order valence-electron chi connectivity index (χ3n) is 6.01. The number of piperidine rings is 2. The maximum absolute atomic E-state index is 12.9. The first-order valence-electron chi connectivity index (χ1n) is 9.73. The zero-order valence-electron chi connectivity index (χ0n) is 15.3. The Balaban J connectivity index is 1.49. The molecule has 2 fully saturated rings. The van der Waals surface area contributed by atoms with E-state index < -0.39 is 0 Å². The summed E-state index contributed by atoms with van der Waals surface area (Å²) in [6.45, 7) is 7.39. The minimum absolute atomic E-state index is 0.0447. The predicted molar refractivity (Wildman–Crippen MR) is 98.9 cm³/mol. The molecule has 2 atom stereocenters. The SMILES string of the molecule is C[C@@H](C(=O)N1CCCC[C@@H]1C)N1CCC(Cc2ccccc2)CC1.